The summed E-state index contributed by atoms with van der Waals surface area (Å²) in [6.07, 6.45) is 2.80. The molecule has 23 heavy (non-hydrogen) atoms. The Morgan fingerprint density at radius 3 is 2.09 bits per heavy atom. The van der Waals surface area contributed by atoms with Gasteiger partial charge in [-0.1, -0.05) is 66.7 Å². The van der Waals surface area contributed by atoms with Crippen molar-refractivity contribution in [2.75, 3.05) is 0 Å². The number of H-pyrrole nitrogens is 1. The van der Waals surface area contributed by atoms with E-state index in [4.69, 9.17) is 0 Å². The first-order valence-electron chi connectivity index (χ1n) is 7.70. The van der Waals surface area contributed by atoms with Gasteiger partial charge in [0.05, 0.1) is 17.4 Å². The number of nitrogens with zero attached hydrogens (tertiary/aromatic N) is 1. The molecule has 4 aromatic rings. The van der Waals surface area contributed by atoms with Crippen LogP contribution in [-0.2, 0) is 6.16 Å². The largest absolute Gasteiger partial charge is 0.345 e. The van der Waals surface area contributed by atoms with E-state index in [9.17, 15) is 0 Å². The van der Waals surface area contributed by atoms with Crippen LogP contribution in [0.25, 0.3) is 11.0 Å². The molecule has 0 aliphatic heterocycles. The molecule has 0 amide bonds. The van der Waals surface area contributed by atoms with Crippen LogP contribution < -0.4 is 10.6 Å². The van der Waals surface area contributed by atoms with E-state index < -0.39 is 7.92 Å². The van der Waals surface area contributed by atoms with Gasteiger partial charge in [-0.2, -0.15) is 0 Å². The third kappa shape index (κ3) is 3.04. The van der Waals surface area contributed by atoms with E-state index in [1.165, 1.54) is 16.2 Å². The average Bonchev–Trinajstić information content (AvgIpc) is 3.09. The number of fused-ring (bicyclic) bond motifs is 1. The van der Waals surface area contributed by atoms with Crippen LogP contribution in [0.1, 0.15) is 5.56 Å². The van der Waals surface area contributed by atoms with Crippen LogP contribution >= 0.6 is 7.92 Å². The molecule has 0 saturated carbocycles. The van der Waals surface area contributed by atoms with Crippen molar-refractivity contribution in [2.24, 2.45) is 0 Å². The molecule has 0 spiro atoms. The van der Waals surface area contributed by atoms with Crippen molar-refractivity contribution >= 4 is 29.6 Å². The summed E-state index contributed by atoms with van der Waals surface area (Å²) in [5.41, 5.74) is 3.48. The zero-order valence-corrected chi connectivity index (χ0v) is 13.6. The van der Waals surface area contributed by atoms with Gasteiger partial charge in [-0.3, -0.25) is 0 Å². The van der Waals surface area contributed by atoms with Gasteiger partial charge in [0.2, 0.25) is 0 Å². The maximum Gasteiger partial charge on any atom is 0.0931 e. The Morgan fingerprint density at radius 1 is 0.783 bits per heavy atom. The molecule has 112 valence electrons. The topological polar surface area (TPSA) is 28.7 Å². The normalized spacial score (nSPS) is 11.2. The molecule has 4 rings (SSSR count). The van der Waals surface area contributed by atoms with Gasteiger partial charge in [0, 0.05) is 6.16 Å². The Balaban J connectivity index is 1.73. The van der Waals surface area contributed by atoms with Crippen LogP contribution in [-0.4, -0.2) is 9.97 Å². The second-order valence-corrected chi connectivity index (χ2v) is 7.72. The van der Waals surface area contributed by atoms with Crippen molar-refractivity contribution in [1.82, 2.24) is 9.97 Å². The molecule has 0 atom stereocenters. The molecule has 1 N–H and O–H groups in total. The molecule has 0 aliphatic carbocycles. The fourth-order valence-corrected chi connectivity index (χ4v) is 5.10. The van der Waals surface area contributed by atoms with Gasteiger partial charge in [0.25, 0.3) is 0 Å². The van der Waals surface area contributed by atoms with Crippen molar-refractivity contribution in [2.45, 2.75) is 6.16 Å². The molecule has 0 radical (unpaired) electrons. The lowest BCUT2D eigenvalue weighted by atomic mass is 10.2. The SMILES string of the molecule is c1ccc(P(Cc2ccc3nc[nH]c3c2)c2ccccc2)cc1. The predicted molar refractivity (Wildman–Crippen MR) is 98.9 cm³/mol. The van der Waals surface area contributed by atoms with Crippen LogP contribution in [0.2, 0.25) is 0 Å². The van der Waals surface area contributed by atoms with Crippen molar-refractivity contribution in [3.8, 4) is 0 Å². The van der Waals surface area contributed by atoms with Crippen LogP contribution in [0.3, 0.4) is 0 Å². The fourth-order valence-electron chi connectivity index (χ4n) is 2.81. The molecule has 0 aliphatic rings. The highest BCUT2D eigenvalue weighted by Crippen LogP contribution is 2.38. The molecule has 1 heterocycles. The smallest absolute Gasteiger partial charge is 0.0931 e. The van der Waals surface area contributed by atoms with Crippen molar-refractivity contribution in [1.29, 1.82) is 0 Å². The standard InChI is InChI=1S/C20H17N2P/c1-3-7-17(8-4-1)23(18-9-5-2-6-10-18)14-16-11-12-19-20(13-16)22-15-21-19/h1-13,15H,14H2,(H,21,22). The van der Waals surface area contributed by atoms with E-state index in [-0.39, 0.29) is 0 Å². The lowest BCUT2D eigenvalue weighted by Gasteiger charge is -2.19. The second-order valence-electron chi connectivity index (χ2n) is 5.51. The maximum absolute atomic E-state index is 4.31. The summed E-state index contributed by atoms with van der Waals surface area (Å²) in [4.78, 5) is 7.51. The van der Waals surface area contributed by atoms with Gasteiger partial charge in [0.15, 0.2) is 0 Å². The van der Waals surface area contributed by atoms with E-state index in [0.717, 1.165) is 17.2 Å². The van der Waals surface area contributed by atoms with Gasteiger partial charge in [-0.25, -0.2) is 4.98 Å². The Hall–Kier alpha value is -2.44. The highest BCUT2D eigenvalue weighted by atomic mass is 31.1. The van der Waals surface area contributed by atoms with Crippen molar-refractivity contribution in [3.05, 3.63) is 90.8 Å². The third-order valence-electron chi connectivity index (χ3n) is 3.96. The monoisotopic (exact) mass is 316 g/mol. The number of hydrogen-bond acceptors (Lipinski definition) is 1. The molecule has 0 bridgehead atoms. The zero-order valence-electron chi connectivity index (χ0n) is 12.7. The molecular weight excluding hydrogens is 299 g/mol. The molecule has 1 aromatic heterocycles. The minimum atomic E-state index is -0.402. The fraction of sp³-hybridized carbons (Fsp3) is 0.0500. The van der Waals surface area contributed by atoms with Gasteiger partial charge >= 0.3 is 0 Å². The summed E-state index contributed by atoms with van der Waals surface area (Å²) in [6.45, 7) is 0. The Bertz CT molecular complexity index is 861. The average molecular weight is 316 g/mol. The molecule has 2 nitrogen and oxygen atoms in total. The number of aromatic nitrogens is 2. The Labute approximate surface area is 137 Å². The van der Waals surface area contributed by atoms with Gasteiger partial charge in [-0.15, -0.1) is 0 Å². The van der Waals surface area contributed by atoms with Gasteiger partial charge < -0.3 is 4.98 Å². The predicted octanol–water partition coefficient (Wildman–Crippen LogP) is 4.20. The Kier molecular flexibility index (Phi) is 3.92. The summed E-state index contributed by atoms with van der Waals surface area (Å²) in [5.74, 6) is 0. The van der Waals surface area contributed by atoms with E-state index in [0.29, 0.717) is 0 Å². The minimum absolute atomic E-state index is 0.402. The molecular formula is C20H17N2P. The quantitative estimate of drug-likeness (QED) is 0.562. The molecule has 0 saturated heterocycles. The molecule has 3 heteroatoms. The van der Waals surface area contributed by atoms with E-state index in [2.05, 4.69) is 88.8 Å². The molecule has 3 aromatic carbocycles. The maximum atomic E-state index is 4.31. The highest BCUT2D eigenvalue weighted by Gasteiger charge is 2.14. The van der Waals surface area contributed by atoms with Gasteiger partial charge in [-0.05, 0) is 36.2 Å². The minimum Gasteiger partial charge on any atom is -0.345 e. The van der Waals surface area contributed by atoms with E-state index in [1.54, 1.807) is 6.33 Å². The van der Waals surface area contributed by atoms with Crippen molar-refractivity contribution < 1.29 is 0 Å². The summed E-state index contributed by atoms with van der Waals surface area (Å²) >= 11 is 0. The van der Waals surface area contributed by atoms with E-state index in [1.807, 2.05) is 0 Å². The lowest BCUT2D eigenvalue weighted by molar-refractivity contribution is 1.34. The molecule has 0 fully saturated rings. The first-order valence-corrected chi connectivity index (χ1v) is 9.22. The lowest BCUT2D eigenvalue weighted by Crippen LogP contribution is -2.12. The van der Waals surface area contributed by atoms with Crippen LogP contribution in [0.4, 0.5) is 0 Å². The highest BCUT2D eigenvalue weighted by molar-refractivity contribution is 7.72. The first kappa shape index (κ1) is 14.2. The van der Waals surface area contributed by atoms with E-state index >= 15 is 0 Å². The van der Waals surface area contributed by atoms with Crippen LogP contribution in [0.5, 0.6) is 0 Å². The number of nitrogens with one attached hydrogen (secondary N) is 1. The number of benzene rings is 3. The third-order valence-corrected chi connectivity index (χ3v) is 6.49. The zero-order chi connectivity index (χ0) is 15.5. The number of rotatable bonds is 4. The number of aromatic amines is 1. The Morgan fingerprint density at radius 2 is 1.43 bits per heavy atom. The van der Waals surface area contributed by atoms with Crippen LogP contribution in [0, 0.1) is 0 Å². The summed E-state index contributed by atoms with van der Waals surface area (Å²) in [6, 6.07) is 28.2. The first-order chi connectivity index (χ1) is 11.4. The number of imidazole rings is 1. The second kappa shape index (κ2) is 6.36. The van der Waals surface area contributed by atoms with Gasteiger partial charge in [0.1, 0.15) is 0 Å². The summed E-state index contributed by atoms with van der Waals surface area (Å²) in [5, 5.41) is 2.83. The van der Waals surface area contributed by atoms with Crippen molar-refractivity contribution in [3.63, 3.8) is 0 Å². The molecule has 0 unspecified atom stereocenters. The number of hydrogen-bond donors (Lipinski definition) is 1. The summed E-state index contributed by atoms with van der Waals surface area (Å²) < 4.78 is 0. The van der Waals surface area contributed by atoms with Crippen LogP contribution in [0.15, 0.2) is 85.2 Å². The summed E-state index contributed by atoms with van der Waals surface area (Å²) in [7, 11) is -0.402.